The first-order chi connectivity index (χ1) is 7.54. The average Bonchev–Trinajstić information content (AvgIpc) is 2.94. The quantitative estimate of drug-likeness (QED) is 0.711. The molecule has 0 aromatic rings. The zero-order valence-corrected chi connectivity index (χ0v) is 10.4. The number of nitrogens with one attached hydrogen (secondary N) is 2. The molecule has 2 N–H and O–H groups in total. The Morgan fingerprint density at radius 2 is 2.06 bits per heavy atom. The summed E-state index contributed by atoms with van der Waals surface area (Å²) in [5.41, 5.74) is 0. The van der Waals surface area contributed by atoms with Crippen LogP contribution in [0.1, 0.15) is 40.0 Å². The minimum Gasteiger partial charge on any atom is -0.356 e. The molecule has 1 aliphatic rings. The zero-order valence-electron chi connectivity index (χ0n) is 10.4. The van der Waals surface area contributed by atoms with Gasteiger partial charge in [0.05, 0.1) is 0 Å². The molecule has 1 rings (SSSR count). The van der Waals surface area contributed by atoms with Gasteiger partial charge in [0.25, 0.3) is 0 Å². The third kappa shape index (κ3) is 4.21. The van der Waals surface area contributed by atoms with Crippen LogP contribution in [0.2, 0.25) is 0 Å². The molecule has 0 aromatic carbocycles. The molecule has 0 spiro atoms. The fourth-order valence-corrected chi connectivity index (χ4v) is 1.69. The van der Waals surface area contributed by atoms with Crippen LogP contribution in [0.4, 0.5) is 0 Å². The first-order valence-corrected chi connectivity index (χ1v) is 6.11. The van der Waals surface area contributed by atoms with E-state index < -0.39 is 0 Å². The Hall–Kier alpha value is -1.06. The van der Waals surface area contributed by atoms with Crippen molar-refractivity contribution in [3.8, 4) is 0 Å². The van der Waals surface area contributed by atoms with Gasteiger partial charge in [0, 0.05) is 24.9 Å². The molecular formula is C12H22N2O2. The van der Waals surface area contributed by atoms with Crippen molar-refractivity contribution in [2.75, 3.05) is 6.54 Å². The molecule has 1 saturated carbocycles. The molecule has 2 unspecified atom stereocenters. The number of carbonyl (C=O) groups excluding carboxylic acids is 2. The summed E-state index contributed by atoms with van der Waals surface area (Å²) in [6.45, 7) is 6.39. The molecule has 0 bridgehead atoms. The molecule has 0 aliphatic heterocycles. The van der Waals surface area contributed by atoms with Gasteiger partial charge in [0.2, 0.25) is 11.8 Å². The first-order valence-electron chi connectivity index (χ1n) is 6.11. The van der Waals surface area contributed by atoms with E-state index in [2.05, 4.69) is 10.6 Å². The van der Waals surface area contributed by atoms with Crippen LogP contribution in [0.5, 0.6) is 0 Å². The molecule has 16 heavy (non-hydrogen) atoms. The Bertz CT molecular complexity index is 264. The number of hydrogen-bond acceptors (Lipinski definition) is 2. The molecule has 2 atom stereocenters. The lowest BCUT2D eigenvalue weighted by molar-refractivity contribution is -0.124. The summed E-state index contributed by atoms with van der Waals surface area (Å²) >= 11 is 0. The van der Waals surface area contributed by atoms with E-state index in [0.29, 0.717) is 24.9 Å². The van der Waals surface area contributed by atoms with E-state index in [4.69, 9.17) is 0 Å². The molecule has 2 amide bonds. The van der Waals surface area contributed by atoms with Crippen LogP contribution >= 0.6 is 0 Å². The van der Waals surface area contributed by atoms with Crippen molar-refractivity contribution in [2.45, 2.75) is 46.1 Å². The lowest BCUT2D eigenvalue weighted by Crippen LogP contribution is -2.30. The van der Waals surface area contributed by atoms with E-state index in [-0.39, 0.29) is 17.7 Å². The van der Waals surface area contributed by atoms with Crippen LogP contribution < -0.4 is 10.6 Å². The number of rotatable bonds is 6. The molecule has 0 saturated heterocycles. The lowest BCUT2D eigenvalue weighted by Gasteiger charge is -2.07. The van der Waals surface area contributed by atoms with Crippen molar-refractivity contribution >= 4 is 11.8 Å². The Labute approximate surface area is 97.2 Å². The first kappa shape index (κ1) is 13.0. The maximum Gasteiger partial charge on any atom is 0.222 e. The van der Waals surface area contributed by atoms with Crippen LogP contribution in [0, 0.1) is 11.8 Å². The Morgan fingerprint density at radius 1 is 1.38 bits per heavy atom. The van der Waals surface area contributed by atoms with Gasteiger partial charge in [-0.15, -0.1) is 0 Å². The summed E-state index contributed by atoms with van der Waals surface area (Å²) in [6, 6.07) is 0.310. The van der Waals surface area contributed by atoms with E-state index in [1.807, 2.05) is 20.8 Å². The van der Waals surface area contributed by atoms with E-state index in [1.54, 1.807) is 0 Å². The number of hydrogen-bond donors (Lipinski definition) is 2. The van der Waals surface area contributed by atoms with Gasteiger partial charge >= 0.3 is 0 Å². The van der Waals surface area contributed by atoms with Gasteiger partial charge in [0.15, 0.2) is 0 Å². The Kier molecular flexibility index (Phi) is 4.77. The zero-order chi connectivity index (χ0) is 12.1. The van der Waals surface area contributed by atoms with Gasteiger partial charge in [-0.05, 0) is 25.7 Å². The van der Waals surface area contributed by atoms with Crippen molar-refractivity contribution in [3.63, 3.8) is 0 Å². The van der Waals surface area contributed by atoms with Gasteiger partial charge in [-0.1, -0.05) is 13.8 Å². The number of amides is 2. The maximum absolute atomic E-state index is 11.4. The second kappa shape index (κ2) is 5.87. The van der Waals surface area contributed by atoms with Gasteiger partial charge in [0.1, 0.15) is 0 Å². The van der Waals surface area contributed by atoms with Gasteiger partial charge in [-0.25, -0.2) is 0 Å². The van der Waals surface area contributed by atoms with Crippen molar-refractivity contribution in [1.82, 2.24) is 10.6 Å². The smallest absolute Gasteiger partial charge is 0.222 e. The third-order valence-corrected chi connectivity index (χ3v) is 2.89. The highest BCUT2D eigenvalue weighted by Crippen LogP contribution is 2.34. The number of carbonyl (C=O) groups is 2. The molecule has 1 fully saturated rings. The van der Waals surface area contributed by atoms with Crippen molar-refractivity contribution in [3.05, 3.63) is 0 Å². The molecule has 0 radical (unpaired) electrons. The Balaban J connectivity index is 2.11. The highest BCUT2D eigenvalue weighted by Gasteiger charge is 2.38. The molecular weight excluding hydrogens is 204 g/mol. The summed E-state index contributed by atoms with van der Waals surface area (Å²) < 4.78 is 0. The van der Waals surface area contributed by atoms with Crippen molar-refractivity contribution in [1.29, 1.82) is 0 Å². The second-order valence-electron chi connectivity index (χ2n) is 4.76. The summed E-state index contributed by atoms with van der Waals surface area (Å²) in [5.74, 6) is 0.781. The normalized spacial score (nSPS) is 23.0. The molecule has 0 aromatic heterocycles. The fraction of sp³-hybridized carbons (Fsp3) is 0.833. The van der Waals surface area contributed by atoms with Crippen LogP contribution in [0.15, 0.2) is 0 Å². The molecule has 1 aliphatic carbocycles. The summed E-state index contributed by atoms with van der Waals surface area (Å²) in [6.07, 6.45) is 2.49. The summed E-state index contributed by atoms with van der Waals surface area (Å²) in [4.78, 5) is 22.6. The van der Waals surface area contributed by atoms with Gasteiger partial charge < -0.3 is 10.6 Å². The van der Waals surface area contributed by atoms with Crippen LogP contribution in [0.3, 0.4) is 0 Å². The monoisotopic (exact) mass is 226 g/mol. The molecule has 92 valence electrons. The van der Waals surface area contributed by atoms with Crippen LogP contribution in [0.25, 0.3) is 0 Å². The molecule has 4 heteroatoms. The predicted octanol–water partition coefficient (Wildman–Crippen LogP) is 1.06. The SMILES string of the molecule is CCNC(=O)CCC1CC1NC(=O)C(C)C. The molecule has 0 heterocycles. The van der Waals surface area contributed by atoms with E-state index in [1.165, 1.54) is 0 Å². The average molecular weight is 226 g/mol. The minimum atomic E-state index is 0.0460. The standard InChI is InChI=1S/C12H22N2O2/c1-4-13-11(15)6-5-9-7-10(9)14-12(16)8(2)3/h8-10H,4-7H2,1-3H3,(H,13,15)(H,14,16). The summed E-state index contributed by atoms with van der Waals surface area (Å²) in [5, 5.41) is 5.76. The lowest BCUT2D eigenvalue weighted by atomic mass is 10.2. The van der Waals surface area contributed by atoms with E-state index in [9.17, 15) is 9.59 Å². The predicted molar refractivity (Wildman–Crippen MR) is 62.8 cm³/mol. The molecule has 4 nitrogen and oxygen atoms in total. The van der Waals surface area contributed by atoms with Gasteiger partial charge in [-0.2, -0.15) is 0 Å². The Morgan fingerprint density at radius 3 is 2.62 bits per heavy atom. The van der Waals surface area contributed by atoms with E-state index >= 15 is 0 Å². The minimum absolute atomic E-state index is 0.0460. The largest absolute Gasteiger partial charge is 0.356 e. The highest BCUT2D eigenvalue weighted by atomic mass is 16.2. The highest BCUT2D eigenvalue weighted by molar-refractivity contribution is 5.78. The van der Waals surface area contributed by atoms with Gasteiger partial charge in [-0.3, -0.25) is 9.59 Å². The maximum atomic E-state index is 11.4. The second-order valence-corrected chi connectivity index (χ2v) is 4.76. The fourth-order valence-electron chi connectivity index (χ4n) is 1.69. The van der Waals surface area contributed by atoms with Crippen LogP contribution in [-0.2, 0) is 9.59 Å². The van der Waals surface area contributed by atoms with Crippen molar-refractivity contribution < 1.29 is 9.59 Å². The van der Waals surface area contributed by atoms with E-state index in [0.717, 1.165) is 12.8 Å². The summed E-state index contributed by atoms with van der Waals surface area (Å²) in [7, 11) is 0. The van der Waals surface area contributed by atoms with Crippen LogP contribution in [-0.4, -0.2) is 24.4 Å². The third-order valence-electron chi connectivity index (χ3n) is 2.89. The van der Waals surface area contributed by atoms with Crippen molar-refractivity contribution in [2.24, 2.45) is 11.8 Å². The topological polar surface area (TPSA) is 58.2 Å².